The molecule has 1 heterocycles. The predicted octanol–water partition coefficient (Wildman–Crippen LogP) is 2.84. The van der Waals surface area contributed by atoms with Gasteiger partial charge in [-0.1, -0.05) is 36.5 Å². The molecule has 2 rings (SSSR count). The number of pyridine rings is 1. The Morgan fingerprint density at radius 2 is 1.92 bits per heavy atom. The van der Waals surface area contributed by atoms with Gasteiger partial charge >= 0.3 is 0 Å². The van der Waals surface area contributed by atoms with Crippen molar-refractivity contribution in [1.82, 2.24) is 4.98 Å². The van der Waals surface area contributed by atoms with Crippen LogP contribution in [0.2, 0.25) is 0 Å². The highest BCUT2D eigenvalue weighted by Gasteiger charge is 1.98. The van der Waals surface area contributed by atoms with Crippen molar-refractivity contribution in [3.05, 3.63) is 42.1 Å². The zero-order valence-electron chi connectivity index (χ0n) is 6.77. The Morgan fingerprint density at radius 1 is 1.15 bits per heavy atom. The van der Waals surface area contributed by atoms with Gasteiger partial charge in [0.2, 0.25) is 0 Å². The fourth-order valence-electron chi connectivity index (χ4n) is 1.19. The average Bonchev–Trinajstić information content (AvgIpc) is 2.17. The Kier molecular flexibility index (Phi) is 2.29. The van der Waals surface area contributed by atoms with E-state index in [1.54, 1.807) is 0 Å². The SMILES string of the molecule is S=C(S)c1ccc2ccccc2n1. The van der Waals surface area contributed by atoms with Gasteiger partial charge < -0.3 is 0 Å². The van der Waals surface area contributed by atoms with Gasteiger partial charge in [-0.2, -0.15) is 0 Å². The van der Waals surface area contributed by atoms with Crippen molar-refractivity contribution < 1.29 is 0 Å². The van der Waals surface area contributed by atoms with Crippen LogP contribution in [0.4, 0.5) is 0 Å². The molecule has 0 atom stereocenters. The molecule has 0 radical (unpaired) electrons. The lowest BCUT2D eigenvalue weighted by atomic mass is 10.2. The average molecular weight is 205 g/mol. The van der Waals surface area contributed by atoms with Crippen LogP contribution in [-0.2, 0) is 0 Å². The molecule has 2 aromatic rings. The Bertz CT molecular complexity index is 465. The molecule has 64 valence electrons. The molecule has 0 aliphatic carbocycles. The molecule has 3 heteroatoms. The lowest BCUT2D eigenvalue weighted by Gasteiger charge is -1.99. The number of para-hydroxylation sites is 1. The Labute approximate surface area is 87.2 Å². The van der Waals surface area contributed by atoms with Gasteiger partial charge in [0, 0.05) is 5.39 Å². The summed E-state index contributed by atoms with van der Waals surface area (Å²) in [5.41, 5.74) is 1.72. The van der Waals surface area contributed by atoms with Crippen LogP contribution in [0.5, 0.6) is 0 Å². The van der Waals surface area contributed by atoms with Crippen molar-refractivity contribution >= 4 is 39.9 Å². The molecule has 13 heavy (non-hydrogen) atoms. The van der Waals surface area contributed by atoms with Crippen LogP contribution >= 0.6 is 24.8 Å². The number of hydrogen-bond acceptors (Lipinski definition) is 2. The maximum atomic E-state index is 4.93. The van der Waals surface area contributed by atoms with Gasteiger partial charge in [0.05, 0.1) is 15.4 Å². The zero-order chi connectivity index (χ0) is 9.26. The van der Waals surface area contributed by atoms with E-state index in [1.165, 1.54) is 0 Å². The van der Waals surface area contributed by atoms with Gasteiger partial charge in [0.25, 0.3) is 0 Å². The van der Waals surface area contributed by atoms with Crippen LogP contribution in [0.3, 0.4) is 0 Å². The van der Waals surface area contributed by atoms with Gasteiger partial charge in [0.15, 0.2) is 0 Å². The smallest absolute Gasteiger partial charge is 0.0932 e. The summed E-state index contributed by atoms with van der Waals surface area (Å²) >= 11 is 9.01. The lowest BCUT2D eigenvalue weighted by molar-refractivity contribution is 1.39. The standard InChI is InChI=1S/C10H7NS2/c12-10(13)9-6-5-7-3-1-2-4-8(7)11-9/h1-6H,(H,12,13). The highest BCUT2D eigenvalue weighted by atomic mass is 32.1. The molecule has 0 saturated heterocycles. The second-order valence-electron chi connectivity index (χ2n) is 2.69. The quantitative estimate of drug-likeness (QED) is 0.568. The number of aromatic nitrogens is 1. The fraction of sp³-hybridized carbons (Fsp3) is 0. The van der Waals surface area contributed by atoms with Crippen molar-refractivity contribution in [2.24, 2.45) is 0 Å². The molecule has 1 aromatic carbocycles. The second-order valence-corrected chi connectivity index (χ2v) is 3.85. The molecule has 0 unspecified atom stereocenters. The Balaban J connectivity index is 2.69. The van der Waals surface area contributed by atoms with E-state index in [4.69, 9.17) is 12.2 Å². The molecule has 0 saturated carbocycles. The highest BCUT2D eigenvalue weighted by Crippen LogP contribution is 2.12. The first-order valence-electron chi connectivity index (χ1n) is 3.86. The molecule has 0 aliphatic rings. The minimum absolute atomic E-state index is 0.533. The van der Waals surface area contributed by atoms with Crippen molar-refractivity contribution in [1.29, 1.82) is 0 Å². The molecular weight excluding hydrogens is 198 g/mol. The number of benzene rings is 1. The normalized spacial score (nSPS) is 10.2. The van der Waals surface area contributed by atoms with E-state index in [0.29, 0.717) is 4.20 Å². The molecule has 1 nitrogen and oxygen atoms in total. The molecule has 0 spiro atoms. The molecule has 0 amide bonds. The number of rotatable bonds is 1. The third-order valence-corrected chi connectivity index (χ3v) is 2.26. The van der Waals surface area contributed by atoms with E-state index >= 15 is 0 Å². The fourth-order valence-corrected chi connectivity index (χ4v) is 1.42. The van der Waals surface area contributed by atoms with Crippen LogP contribution in [-0.4, -0.2) is 9.18 Å². The third-order valence-electron chi connectivity index (χ3n) is 1.82. The van der Waals surface area contributed by atoms with Crippen LogP contribution in [0.25, 0.3) is 10.9 Å². The minimum Gasteiger partial charge on any atom is -0.246 e. The zero-order valence-corrected chi connectivity index (χ0v) is 8.48. The number of fused-ring (bicyclic) bond motifs is 1. The summed E-state index contributed by atoms with van der Waals surface area (Å²) in [5, 5.41) is 1.12. The van der Waals surface area contributed by atoms with Crippen LogP contribution in [0, 0.1) is 0 Å². The van der Waals surface area contributed by atoms with E-state index in [-0.39, 0.29) is 0 Å². The van der Waals surface area contributed by atoms with Crippen molar-refractivity contribution in [3.63, 3.8) is 0 Å². The second kappa shape index (κ2) is 3.44. The first-order chi connectivity index (χ1) is 6.27. The molecule has 0 bridgehead atoms. The first kappa shape index (κ1) is 8.66. The van der Waals surface area contributed by atoms with Gasteiger partial charge in [-0.3, -0.25) is 0 Å². The Morgan fingerprint density at radius 3 is 2.69 bits per heavy atom. The van der Waals surface area contributed by atoms with Crippen molar-refractivity contribution in [2.45, 2.75) is 0 Å². The van der Waals surface area contributed by atoms with Crippen molar-refractivity contribution in [2.75, 3.05) is 0 Å². The lowest BCUT2D eigenvalue weighted by Crippen LogP contribution is -1.92. The van der Waals surface area contributed by atoms with E-state index in [1.807, 2.05) is 36.4 Å². The van der Waals surface area contributed by atoms with Crippen molar-refractivity contribution in [3.8, 4) is 0 Å². The van der Waals surface area contributed by atoms with Gasteiger partial charge in [-0.05, 0) is 12.1 Å². The van der Waals surface area contributed by atoms with Crippen LogP contribution < -0.4 is 0 Å². The highest BCUT2D eigenvalue weighted by molar-refractivity contribution is 8.11. The molecule has 0 fully saturated rings. The number of hydrogen-bond donors (Lipinski definition) is 1. The summed E-state index contributed by atoms with van der Waals surface area (Å²) in [5.74, 6) is 0. The van der Waals surface area contributed by atoms with Gasteiger partial charge in [0.1, 0.15) is 0 Å². The van der Waals surface area contributed by atoms with Gasteiger partial charge in [-0.15, -0.1) is 12.6 Å². The van der Waals surface area contributed by atoms with Crippen LogP contribution in [0.15, 0.2) is 36.4 Å². The molecule has 0 N–H and O–H groups in total. The van der Waals surface area contributed by atoms with E-state index < -0.39 is 0 Å². The number of thiol groups is 1. The minimum atomic E-state index is 0.533. The number of nitrogens with zero attached hydrogens (tertiary/aromatic N) is 1. The van der Waals surface area contributed by atoms with Gasteiger partial charge in [-0.25, -0.2) is 4.98 Å². The maximum Gasteiger partial charge on any atom is 0.0932 e. The molecule has 1 aromatic heterocycles. The van der Waals surface area contributed by atoms with E-state index in [0.717, 1.165) is 16.6 Å². The molecule has 0 aliphatic heterocycles. The summed E-state index contributed by atoms with van der Waals surface area (Å²) in [6, 6.07) is 11.8. The summed E-state index contributed by atoms with van der Waals surface area (Å²) in [4.78, 5) is 4.36. The first-order valence-corrected chi connectivity index (χ1v) is 4.72. The molecular formula is C10H7NS2. The summed E-state index contributed by atoms with van der Waals surface area (Å²) in [6.45, 7) is 0. The number of thiocarbonyl (C=S) groups is 1. The largest absolute Gasteiger partial charge is 0.246 e. The third kappa shape index (κ3) is 1.71. The summed E-state index contributed by atoms with van der Waals surface area (Å²) in [7, 11) is 0. The maximum absolute atomic E-state index is 4.93. The van der Waals surface area contributed by atoms with Crippen LogP contribution in [0.1, 0.15) is 5.69 Å². The topological polar surface area (TPSA) is 12.9 Å². The monoisotopic (exact) mass is 205 g/mol. The predicted molar refractivity (Wildman–Crippen MR) is 62.4 cm³/mol. The Hall–Kier alpha value is -0.930. The summed E-state index contributed by atoms with van der Waals surface area (Å²) in [6.07, 6.45) is 0. The van der Waals surface area contributed by atoms with E-state index in [9.17, 15) is 0 Å². The van der Waals surface area contributed by atoms with E-state index in [2.05, 4.69) is 17.6 Å². The summed E-state index contributed by atoms with van der Waals surface area (Å²) < 4.78 is 0.533.